The first-order valence-corrected chi connectivity index (χ1v) is 7.29. The van der Waals surface area contributed by atoms with Gasteiger partial charge >= 0.3 is 0 Å². The third kappa shape index (κ3) is 3.04. The number of benzene rings is 1. The maximum atomic E-state index is 4.56. The van der Waals surface area contributed by atoms with E-state index in [4.69, 9.17) is 0 Å². The van der Waals surface area contributed by atoms with Gasteiger partial charge in [0.2, 0.25) is 0 Å². The molecule has 3 rings (SSSR count). The van der Waals surface area contributed by atoms with Gasteiger partial charge in [0, 0.05) is 12.1 Å². The van der Waals surface area contributed by atoms with Gasteiger partial charge in [-0.15, -0.1) is 0 Å². The predicted octanol–water partition coefficient (Wildman–Crippen LogP) is 4.75. The molecule has 0 saturated heterocycles. The van der Waals surface area contributed by atoms with Crippen LogP contribution in [0.3, 0.4) is 0 Å². The molecule has 1 aliphatic carbocycles. The fourth-order valence-corrected chi connectivity index (χ4v) is 2.65. The van der Waals surface area contributed by atoms with Crippen LogP contribution in [0.25, 0.3) is 0 Å². The van der Waals surface area contributed by atoms with Crippen LogP contribution < -0.4 is 0 Å². The van der Waals surface area contributed by atoms with E-state index in [1.165, 1.54) is 28.8 Å². The van der Waals surface area contributed by atoms with Crippen LogP contribution in [0.5, 0.6) is 0 Å². The maximum absolute atomic E-state index is 4.56. The van der Waals surface area contributed by atoms with Crippen LogP contribution in [0.2, 0.25) is 0 Å². The normalized spacial score (nSPS) is 16.5. The summed E-state index contributed by atoms with van der Waals surface area (Å²) < 4.78 is 0. The van der Waals surface area contributed by atoms with Gasteiger partial charge < -0.3 is 0 Å². The van der Waals surface area contributed by atoms with Crippen molar-refractivity contribution in [2.24, 2.45) is 0 Å². The van der Waals surface area contributed by atoms with E-state index in [1.807, 2.05) is 12.3 Å². The van der Waals surface area contributed by atoms with Crippen LogP contribution >= 0.6 is 0 Å². The Bertz CT molecular complexity index is 483. The highest BCUT2D eigenvalue weighted by atomic mass is 14.7. The van der Waals surface area contributed by atoms with Gasteiger partial charge in [-0.3, -0.25) is 4.98 Å². The lowest BCUT2D eigenvalue weighted by molar-refractivity contribution is 0.860. The summed E-state index contributed by atoms with van der Waals surface area (Å²) in [5.41, 5.74) is 5.59. The molecule has 1 atom stereocenters. The molecule has 2 aromatic rings. The zero-order valence-corrected chi connectivity index (χ0v) is 12.2. The summed E-state index contributed by atoms with van der Waals surface area (Å²) in [6, 6.07) is 13.0. The first kappa shape index (κ1) is 13.8. The zero-order valence-electron chi connectivity index (χ0n) is 12.2. The Kier molecular flexibility index (Phi) is 4.73. The first-order chi connectivity index (χ1) is 9.27. The molecule has 1 aromatic carbocycles. The van der Waals surface area contributed by atoms with Crippen LogP contribution in [0, 0.1) is 0 Å². The third-order valence-electron chi connectivity index (χ3n) is 3.52. The number of aromatic nitrogens is 1. The van der Waals surface area contributed by atoms with E-state index in [9.17, 15) is 0 Å². The Morgan fingerprint density at radius 1 is 1.00 bits per heavy atom. The second kappa shape index (κ2) is 6.51. The minimum atomic E-state index is 0.426. The highest BCUT2D eigenvalue weighted by molar-refractivity contribution is 5.41. The van der Waals surface area contributed by atoms with E-state index < -0.39 is 0 Å². The van der Waals surface area contributed by atoms with Gasteiger partial charge in [-0.1, -0.05) is 57.5 Å². The average Bonchev–Trinajstić information content (AvgIpc) is 2.59. The molecule has 19 heavy (non-hydrogen) atoms. The summed E-state index contributed by atoms with van der Waals surface area (Å²) in [7, 11) is 0. The van der Waals surface area contributed by atoms with Crippen molar-refractivity contribution in [3.8, 4) is 0 Å². The molecule has 0 fully saturated rings. The summed E-state index contributed by atoms with van der Waals surface area (Å²) in [6.07, 6.45) is 5.41. The van der Waals surface area contributed by atoms with Crippen LogP contribution in [0.15, 0.2) is 42.6 Å². The Morgan fingerprint density at radius 3 is 2.42 bits per heavy atom. The van der Waals surface area contributed by atoms with Crippen LogP contribution in [0.1, 0.15) is 55.5 Å². The predicted molar refractivity (Wildman–Crippen MR) is 81.6 cm³/mol. The number of nitrogens with zero attached hydrogens (tertiary/aromatic N) is 1. The molecule has 0 saturated carbocycles. The molecule has 1 unspecified atom stereocenters. The number of hydrogen-bond acceptors (Lipinski definition) is 1. The molecule has 0 amide bonds. The molecular weight excluding hydrogens is 230 g/mol. The quantitative estimate of drug-likeness (QED) is 0.660. The van der Waals surface area contributed by atoms with E-state index in [2.05, 4.69) is 56.1 Å². The molecule has 100 valence electrons. The number of hydrogen-bond donors (Lipinski definition) is 0. The monoisotopic (exact) mass is 253 g/mol. The minimum absolute atomic E-state index is 0.426. The second-order valence-electron chi connectivity index (χ2n) is 5.18. The Balaban J connectivity index is 0.000000408. The molecule has 1 aromatic heterocycles. The van der Waals surface area contributed by atoms with Gasteiger partial charge in [-0.25, -0.2) is 0 Å². The topological polar surface area (TPSA) is 12.9 Å². The Hall–Kier alpha value is -1.63. The molecule has 0 bridgehead atoms. The van der Waals surface area contributed by atoms with Gasteiger partial charge in [-0.2, -0.15) is 0 Å². The lowest BCUT2D eigenvalue weighted by Crippen LogP contribution is -2.01. The molecule has 1 heterocycles. The van der Waals surface area contributed by atoms with Crippen LogP contribution in [-0.2, 0) is 12.8 Å². The van der Waals surface area contributed by atoms with Crippen molar-refractivity contribution < 1.29 is 0 Å². The van der Waals surface area contributed by atoms with Gasteiger partial charge in [0.1, 0.15) is 0 Å². The number of rotatable bonds is 0. The summed E-state index contributed by atoms with van der Waals surface area (Å²) in [4.78, 5) is 4.56. The van der Waals surface area contributed by atoms with Crippen molar-refractivity contribution in [1.29, 1.82) is 0 Å². The standard InChI is InChI=1S/C15H15N.C3H8/c1-11-14-7-3-2-5-12(14)8-9-13-6-4-10-16-15(11)13;1-3-2/h2-7,10-11H,8-9H2,1H3;3H2,1-2H3. The van der Waals surface area contributed by atoms with Crippen LogP contribution in [-0.4, -0.2) is 4.98 Å². The lowest BCUT2D eigenvalue weighted by atomic mass is 9.93. The van der Waals surface area contributed by atoms with E-state index >= 15 is 0 Å². The largest absolute Gasteiger partial charge is 0.260 e. The van der Waals surface area contributed by atoms with Crippen molar-refractivity contribution in [2.75, 3.05) is 0 Å². The van der Waals surface area contributed by atoms with E-state index in [0.29, 0.717) is 5.92 Å². The van der Waals surface area contributed by atoms with Crippen molar-refractivity contribution in [3.05, 3.63) is 65.0 Å². The van der Waals surface area contributed by atoms with Gasteiger partial charge in [0.05, 0.1) is 5.69 Å². The number of fused-ring (bicyclic) bond motifs is 2. The molecule has 0 N–H and O–H groups in total. The van der Waals surface area contributed by atoms with E-state index in [1.54, 1.807) is 0 Å². The molecule has 1 nitrogen and oxygen atoms in total. The Labute approximate surface area is 116 Å². The molecular formula is C18H23N. The first-order valence-electron chi connectivity index (χ1n) is 7.29. The van der Waals surface area contributed by atoms with Gasteiger partial charge in [-0.05, 0) is 35.6 Å². The smallest absolute Gasteiger partial charge is 0.0507 e. The summed E-state index contributed by atoms with van der Waals surface area (Å²) >= 11 is 0. The zero-order chi connectivity index (χ0) is 13.7. The highest BCUT2D eigenvalue weighted by Crippen LogP contribution is 2.31. The van der Waals surface area contributed by atoms with Crippen molar-refractivity contribution in [3.63, 3.8) is 0 Å². The molecule has 0 spiro atoms. The SMILES string of the molecule is CC1c2ccccc2CCc2cccnc21.CCC. The van der Waals surface area contributed by atoms with E-state index in [-0.39, 0.29) is 0 Å². The minimum Gasteiger partial charge on any atom is -0.260 e. The third-order valence-corrected chi connectivity index (χ3v) is 3.52. The lowest BCUT2D eigenvalue weighted by Gasteiger charge is -2.13. The average molecular weight is 253 g/mol. The number of aryl methyl sites for hydroxylation is 2. The van der Waals surface area contributed by atoms with Crippen molar-refractivity contribution >= 4 is 0 Å². The van der Waals surface area contributed by atoms with Crippen LogP contribution in [0.4, 0.5) is 0 Å². The van der Waals surface area contributed by atoms with Crippen molar-refractivity contribution in [1.82, 2.24) is 4.98 Å². The molecule has 1 heteroatoms. The van der Waals surface area contributed by atoms with E-state index in [0.717, 1.165) is 12.8 Å². The number of pyridine rings is 1. The summed E-state index contributed by atoms with van der Waals surface area (Å²) in [5, 5.41) is 0. The van der Waals surface area contributed by atoms with Gasteiger partial charge in [0.25, 0.3) is 0 Å². The fraction of sp³-hybridized carbons (Fsp3) is 0.389. The summed E-state index contributed by atoms with van der Waals surface area (Å²) in [5.74, 6) is 0.426. The summed E-state index contributed by atoms with van der Waals surface area (Å²) in [6.45, 7) is 6.51. The van der Waals surface area contributed by atoms with Gasteiger partial charge in [0.15, 0.2) is 0 Å². The fourth-order valence-electron chi connectivity index (χ4n) is 2.65. The molecule has 0 aliphatic heterocycles. The second-order valence-corrected chi connectivity index (χ2v) is 5.18. The highest BCUT2D eigenvalue weighted by Gasteiger charge is 2.20. The molecule has 0 radical (unpaired) electrons. The maximum Gasteiger partial charge on any atom is 0.0507 e. The Morgan fingerprint density at radius 2 is 1.63 bits per heavy atom. The molecule has 1 aliphatic rings. The van der Waals surface area contributed by atoms with Crippen molar-refractivity contribution in [2.45, 2.75) is 46.0 Å².